The topological polar surface area (TPSA) is 81.5 Å². The van der Waals surface area contributed by atoms with Crippen LogP contribution in [0, 0.1) is 17.0 Å². The molecule has 1 heterocycles. The van der Waals surface area contributed by atoms with Crippen molar-refractivity contribution in [2.75, 3.05) is 0 Å². The van der Waals surface area contributed by atoms with E-state index in [-0.39, 0.29) is 5.69 Å². The fourth-order valence-corrected chi connectivity index (χ4v) is 2.80. The van der Waals surface area contributed by atoms with Gasteiger partial charge in [-0.1, -0.05) is 30.3 Å². The summed E-state index contributed by atoms with van der Waals surface area (Å²) in [5, 5.41) is 10.9. The summed E-state index contributed by atoms with van der Waals surface area (Å²) in [4.78, 5) is 19.4. The molecule has 0 aliphatic carbocycles. The largest absolute Gasteiger partial charge is 0.436 e. The van der Waals surface area contributed by atoms with Crippen LogP contribution in [0.1, 0.15) is 11.1 Å². The van der Waals surface area contributed by atoms with Crippen molar-refractivity contribution < 1.29 is 9.34 Å². The minimum absolute atomic E-state index is 0.0366. The van der Waals surface area contributed by atoms with Crippen molar-refractivity contribution >= 4 is 28.7 Å². The number of aryl methyl sites for hydroxylation is 1. The van der Waals surface area contributed by atoms with Crippen molar-refractivity contribution in [3.05, 3.63) is 88.0 Å². The maximum absolute atomic E-state index is 10.9. The standard InChI is InChI=1S/C21H15N3O3/c1-14-5-2-10-19-20(14)23-21(27-19)16-7-4-8-17(12-16)22-13-15-6-3-9-18(11-15)24(25)26/h2-13H,1H3. The molecule has 6 nitrogen and oxygen atoms in total. The van der Waals surface area contributed by atoms with E-state index in [1.807, 2.05) is 49.4 Å². The minimum atomic E-state index is -0.423. The molecule has 0 saturated carbocycles. The Morgan fingerprint density at radius 3 is 2.70 bits per heavy atom. The number of hydrogen-bond donors (Lipinski definition) is 0. The van der Waals surface area contributed by atoms with Gasteiger partial charge in [0.2, 0.25) is 5.89 Å². The zero-order chi connectivity index (χ0) is 18.8. The van der Waals surface area contributed by atoms with E-state index in [9.17, 15) is 10.1 Å². The lowest BCUT2D eigenvalue weighted by Gasteiger charge is -1.98. The smallest absolute Gasteiger partial charge is 0.270 e. The number of aromatic nitrogens is 1. The molecule has 0 spiro atoms. The van der Waals surface area contributed by atoms with Crippen LogP contribution < -0.4 is 0 Å². The molecule has 6 heteroatoms. The molecule has 4 aromatic rings. The lowest BCUT2D eigenvalue weighted by atomic mass is 10.2. The van der Waals surface area contributed by atoms with Gasteiger partial charge in [0.15, 0.2) is 5.58 Å². The number of nitro benzene ring substituents is 1. The number of aliphatic imine (C=N–C) groups is 1. The third-order valence-corrected chi connectivity index (χ3v) is 4.16. The van der Waals surface area contributed by atoms with E-state index in [0.29, 0.717) is 17.1 Å². The number of hydrogen-bond acceptors (Lipinski definition) is 5. The number of rotatable bonds is 4. The Morgan fingerprint density at radius 1 is 1.07 bits per heavy atom. The number of para-hydroxylation sites is 1. The molecular formula is C21H15N3O3. The highest BCUT2D eigenvalue weighted by Crippen LogP contribution is 2.28. The molecule has 0 aliphatic rings. The Labute approximate surface area is 155 Å². The minimum Gasteiger partial charge on any atom is -0.436 e. The Bertz CT molecular complexity index is 1180. The Kier molecular flexibility index (Phi) is 4.22. The molecule has 0 amide bonds. The Morgan fingerprint density at radius 2 is 1.89 bits per heavy atom. The van der Waals surface area contributed by atoms with Gasteiger partial charge >= 0.3 is 0 Å². The molecule has 0 bridgehead atoms. The molecule has 0 unspecified atom stereocenters. The zero-order valence-corrected chi connectivity index (χ0v) is 14.5. The normalized spacial score (nSPS) is 11.3. The van der Waals surface area contributed by atoms with E-state index in [1.54, 1.807) is 18.3 Å². The summed E-state index contributed by atoms with van der Waals surface area (Å²) in [6.07, 6.45) is 1.60. The monoisotopic (exact) mass is 357 g/mol. The predicted molar refractivity (Wildman–Crippen MR) is 105 cm³/mol. The van der Waals surface area contributed by atoms with Crippen LogP contribution in [0.4, 0.5) is 11.4 Å². The van der Waals surface area contributed by atoms with E-state index in [1.165, 1.54) is 12.1 Å². The van der Waals surface area contributed by atoms with Gasteiger partial charge in [0.1, 0.15) is 5.52 Å². The first-order valence-electron chi connectivity index (χ1n) is 8.35. The van der Waals surface area contributed by atoms with Gasteiger partial charge in [0.05, 0.1) is 10.6 Å². The zero-order valence-electron chi connectivity index (χ0n) is 14.5. The summed E-state index contributed by atoms with van der Waals surface area (Å²) in [7, 11) is 0. The number of benzene rings is 3. The summed E-state index contributed by atoms with van der Waals surface area (Å²) in [6.45, 7) is 1.99. The molecular weight excluding hydrogens is 342 g/mol. The first-order chi connectivity index (χ1) is 13.1. The number of oxazole rings is 1. The lowest BCUT2D eigenvalue weighted by molar-refractivity contribution is -0.384. The number of non-ortho nitro benzene ring substituents is 1. The van der Waals surface area contributed by atoms with Gasteiger partial charge in [-0.2, -0.15) is 0 Å². The molecule has 0 aliphatic heterocycles. The summed E-state index contributed by atoms with van der Waals surface area (Å²) in [5.74, 6) is 0.534. The van der Waals surface area contributed by atoms with Crippen LogP contribution in [-0.2, 0) is 0 Å². The van der Waals surface area contributed by atoms with Crippen molar-refractivity contribution in [3.8, 4) is 11.5 Å². The molecule has 132 valence electrons. The summed E-state index contributed by atoms with van der Waals surface area (Å²) in [5.41, 5.74) is 4.87. The molecule has 0 saturated heterocycles. The van der Waals surface area contributed by atoms with Crippen LogP contribution >= 0.6 is 0 Å². The van der Waals surface area contributed by atoms with Gasteiger partial charge in [0, 0.05) is 23.9 Å². The second-order valence-corrected chi connectivity index (χ2v) is 6.10. The van der Waals surface area contributed by atoms with Crippen molar-refractivity contribution in [1.29, 1.82) is 0 Å². The van der Waals surface area contributed by atoms with Crippen LogP contribution in [0.15, 0.2) is 76.1 Å². The van der Waals surface area contributed by atoms with E-state index >= 15 is 0 Å². The van der Waals surface area contributed by atoms with Crippen molar-refractivity contribution in [3.63, 3.8) is 0 Å². The molecule has 0 N–H and O–H groups in total. The van der Waals surface area contributed by atoms with Crippen molar-refractivity contribution in [2.45, 2.75) is 6.92 Å². The average Bonchev–Trinajstić information content (AvgIpc) is 3.13. The first kappa shape index (κ1) is 16.7. The molecule has 0 radical (unpaired) electrons. The van der Waals surface area contributed by atoms with E-state index in [0.717, 1.165) is 22.2 Å². The summed E-state index contributed by atoms with van der Waals surface area (Å²) in [6, 6.07) is 19.7. The van der Waals surface area contributed by atoms with Crippen LogP contribution in [0.2, 0.25) is 0 Å². The summed E-state index contributed by atoms with van der Waals surface area (Å²) < 4.78 is 5.86. The SMILES string of the molecule is Cc1cccc2oc(-c3cccc(N=Cc4cccc([N+](=O)[O-])c4)c3)nc12. The third kappa shape index (κ3) is 3.46. The van der Waals surface area contributed by atoms with Crippen molar-refractivity contribution in [2.24, 2.45) is 4.99 Å². The van der Waals surface area contributed by atoms with Gasteiger partial charge in [-0.25, -0.2) is 4.98 Å². The van der Waals surface area contributed by atoms with Gasteiger partial charge in [0.25, 0.3) is 5.69 Å². The van der Waals surface area contributed by atoms with E-state index in [4.69, 9.17) is 4.42 Å². The highest BCUT2D eigenvalue weighted by Gasteiger charge is 2.10. The summed E-state index contributed by atoms with van der Waals surface area (Å²) >= 11 is 0. The third-order valence-electron chi connectivity index (χ3n) is 4.16. The van der Waals surface area contributed by atoms with Crippen LogP contribution in [-0.4, -0.2) is 16.1 Å². The maximum Gasteiger partial charge on any atom is 0.270 e. The Balaban J connectivity index is 1.65. The second kappa shape index (κ2) is 6.84. The van der Waals surface area contributed by atoms with Crippen LogP contribution in [0.3, 0.4) is 0 Å². The van der Waals surface area contributed by atoms with Gasteiger partial charge in [-0.3, -0.25) is 15.1 Å². The van der Waals surface area contributed by atoms with Gasteiger partial charge in [-0.05, 0) is 42.3 Å². The predicted octanol–water partition coefficient (Wildman–Crippen LogP) is 5.46. The molecule has 4 rings (SSSR count). The highest BCUT2D eigenvalue weighted by atomic mass is 16.6. The fourth-order valence-electron chi connectivity index (χ4n) is 2.80. The lowest BCUT2D eigenvalue weighted by Crippen LogP contribution is -1.89. The van der Waals surface area contributed by atoms with Gasteiger partial charge in [-0.15, -0.1) is 0 Å². The molecule has 0 atom stereocenters. The van der Waals surface area contributed by atoms with E-state index < -0.39 is 4.92 Å². The second-order valence-electron chi connectivity index (χ2n) is 6.10. The highest BCUT2D eigenvalue weighted by molar-refractivity contribution is 5.83. The first-order valence-corrected chi connectivity index (χ1v) is 8.35. The van der Waals surface area contributed by atoms with Gasteiger partial charge < -0.3 is 4.42 Å². The molecule has 1 aromatic heterocycles. The van der Waals surface area contributed by atoms with Crippen LogP contribution in [0.25, 0.3) is 22.6 Å². The number of nitrogens with zero attached hydrogens (tertiary/aromatic N) is 3. The Hall–Kier alpha value is -3.80. The molecule has 0 fully saturated rings. The number of nitro groups is 1. The maximum atomic E-state index is 10.9. The van der Waals surface area contributed by atoms with Crippen molar-refractivity contribution in [1.82, 2.24) is 4.98 Å². The fraction of sp³-hybridized carbons (Fsp3) is 0.0476. The molecule has 27 heavy (non-hydrogen) atoms. The van der Waals surface area contributed by atoms with E-state index in [2.05, 4.69) is 9.98 Å². The quantitative estimate of drug-likeness (QED) is 0.276. The number of fused-ring (bicyclic) bond motifs is 1. The molecule has 3 aromatic carbocycles. The van der Waals surface area contributed by atoms with Crippen LogP contribution in [0.5, 0.6) is 0 Å². The average molecular weight is 357 g/mol.